The zero-order valence-corrected chi connectivity index (χ0v) is 9.44. The average molecular weight is 200 g/mol. The van der Waals surface area contributed by atoms with Crippen LogP contribution in [0.4, 0.5) is 0 Å². The van der Waals surface area contributed by atoms with E-state index in [-0.39, 0.29) is 0 Å². The van der Waals surface area contributed by atoms with Gasteiger partial charge in [-0.05, 0) is 31.2 Å². The number of pyridine rings is 2. The van der Waals surface area contributed by atoms with Gasteiger partial charge in [-0.2, -0.15) is 0 Å². The zero-order chi connectivity index (χ0) is 11.1. The average Bonchev–Trinajstić information content (AvgIpc) is 2.33. The van der Waals surface area contributed by atoms with Gasteiger partial charge in [0.1, 0.15) is 0 Å². The van der Waals surface area contributed by atoms with E-state index < -0.39 is 0 Å². The first-order chi connectivity index (χ1) is 7.36. The summed E-state index contributed by atoms with van der Waals surface area (Å²) >= 11 is 0. The third-order valence-electron chi connectivity index (χ3n) is 1.82. The van der Waals surface area contributed by atoms with E-state index in [1.165, 1.54) is 0 Å². The molecule has 0 atom stereocenters. The molecule has 0 aliphatic rings. The Labute approximate surface area is 91.0 Å². The lowest BCUT2D eigenvalue weighted by Gasteiger charge is -1.99. The maximum absolute atomic E-state index is 4.38. The molecular formula is C13H16N2. The maximum atomic E-state index is 4.38. The summed E-state index contributed by atoms with van der Waals surface area (Å²) in [6.07, 6.45) is 1.78. The summed E-state index contributed by atoms with van der Waals surface area (Å²) < 4.78 is 0. The number of aromatic nitrogens is 2. The number of hydrogen-bond donors (Lipinski definition) is 0. The molecule has 15 heavy (non-hydrogen) atoms. The quantitative estimate of drug-likeness (QED) is 0.704. The van der Waals surface area contributed by atoms with Crippen LogP contribution in [0, 0.1) is 6.92 Å². The van der Waals surface area contributed by atoms with Gasteiger partial charge in [-0.1, -0.05) is 26.0 Å². The summed E-state index contributed by atoms with van der Waals surface area (Å²) in [5, 5.41) is 0. The Balaban J connectivity index is 0.000000531. The number of rotatable bonds is 1. The van der Waals surface area contributed by atoms with E-state index in [1.807, 2.05) is 57.2 Å². The van der Waals surface area contributed by atoms with Gasteiger partial charge in [-0.25, -0.2) is 0 Å². The fourth-order valence-electron chi connectivity index (χ4n) is 1.20. The van der Waals surface area contributed by atoms with Crippen LogP contribution >= 0.6 is 0 Å². The van der Waals surface area contributed by atoms with Crippen LogP contribution in [0.2, 0.25) is 0 Å². The summed E-state index contributed by atoms with van der Waals surface area (Å²) in [6, 6.07) is 11.8. The van der Waals surface area contributed by atoms with Crippen molar-refractivity contribution < 1.29 is 0 Å². The Morgan fingerprint density at radius 3 is 2.20 bits per heavy atom. The van der Waals surface area contributed by atoms with Gasteiger partial charge >= 0.3 is 0 Å². The molecule has 0 saturated heterocycles. The van der Waals surface area contributed by atoms with Crippen LogP contribution in [0.3, 0.4) is 0 Å². The van der Waals surface area contributed by atoms with Crippen LogP contribution in [-0.2, 0) is 0 Å². The first-order valence-electron chi connectivity index (χ1n) is 5.21. The minimum atomic E-state index is 0.922. The van der Waals surface area contributed by atoms with Gasteiger partial charge < -0.3 is 0 Å². The molecule has 2 heteroatoms. The molecule has 0 N–H and O–H groups in total. The molecule has 2 nitrogen and oxygen atoms in total. The number of aryl methyl sites for hydroxylation is 1. The lowest BCUT2D eigenvalue weighted by atomic mass is 10.2. The molecule has 2 aromatic heterocycles. The van der Waals surface area contributed by atoms with Crippen LogP contribution in [0.1, 0.15) is 19.5 Å². The van der Waals surface area contributed by atoms with Crippen LogP contribution in [0.15, 0.2) is 42.6 Å². The molecule has 0 radical (unpaired) electrons. The second-order valence-electron chi connectivity index (χ2n) is 2.88. The molecule has 78 valence electrons. The van der Waals surface area contributed by atoms with Gasteiger partial charge in [-0.15, -0.1) is 0 Å². The standard InChI is InChI=1S/C11H10N2.C2H6/c1-9-5-4-7-11(13-9)10-6-2-3-8-12-10;1-2/h2-8H,1H3;1-2H3. The fraction of sp³-hybridized carbons (Fsp3) is 0.231. The Hall–Kier alpha value is -1.70. The highest BCUT2D eigenvalue weighted by atomic mass is 14.8. The Kier molecular flexibility index (Phi) is 4.48. The Morgan fingerprint density at radius 1 is 0.867 bits per heavy atom. The van der Waals surface area contributed by atoms with E-state index in [4.69, 9.17) is 0 Å². The monoisotopic (exact) mass is 200 g/mol. The number of hydrogen-bond acceptors (Lipinski definition) is 2. The first kappa shape index (κ1) is 11.4. The van der Waals surface area contributed by atoms with Gasteiger partial charge in [-0.3, -0.25) is 9.97 Å². The van der Waals surface area contributed by atoms with Crippen LogP contribution in [0.25, 0.3) is 11.4 Å². The topological polar surface area (TPSA) is 25.8 Å². The maximum Gasteiger partial charge on any atom is 0.0889 e. The fourth-order valence-corrected chi connectivity index (χ4v) is 1.20. The van der Waals surface area contributed by atoms with E-state index in [1.54, 1.807) is 6.20 Å². The molecular weight excluding hydrogens is 184 g/mol. The molecule has 0 spiro atoms. The van der Waals surface area contributed by atoms with E-state index >= 15 is 0 Å². The molecule has 0 bridgehead atoms. The summed E-state index contributed by atoms with van der Waals surface area (Å²) in [5.74, 6) is 0. The van der Waals surface area contributed by atoms with Crippen molar-refractivity contribution in [3.05, 3.63) is 48.3 Å². The predicted octanol–water partition coefficient (Wildman–Crippen LogP) is 3.48. The van der Waals surface area contributed by atoms with E-state index in [9.17, 15) is 0 Å². The van der Waals surface area contributed by atoms with Crippen molar-refractivity contribution >= 4 is 0 Å². The van der Waals surface area contributed by atoms with Gasteiger partial charge in [0.2, 0.25) is 0 Å². The summed E-state index contributed by atoms with van der Waals surface area (Å²) in [4.78, 5) is 8.61. The van der Waals surface area contributed by atoms with Crippen molar-refractivity contribution in [3.8, 4) is 11.4 Å². The predicted molar refractivity (Wildman–Crippen MR) is 63.6 cm³/mol. The normalized spacial score (nSPS) is 9.00. The molecule has 2 heterocycles. The lowest BCUT2D eigenvalue weighted by molar-refractivity contribution is 1.18. The highest BCUT2D eigenvalue weighted by Gasteiger charge is 1.97. The first-order valence-corrected chi connectivity index (χ1v) is 5.21. The largest absolute Gasteiger partial charge is 0.255 e. The molecule has 0 aliphatic carbocycles. The minimum absolute atomic E-state index is 0.922. The van der Waals surface area contributed by atoms with Crippen LogP contribution in [0.5, 0.6) is 0 Å². The highest BCUT2D eigenvalue weighted by Crippen LogP contribution is 2.12. The number of nitrogens with zero attached hydrogens (tertiary/aromatic N) is 2. The lowest BCUT2D eigenvalue weighted by Crippen LogP contribution is -1.87. The Morgan fingerprint density at radius 2 is 1.60 bits per heavy atom. The molecule has 0 saturated carbocycles. The summed E-state index contributed by atoms with van der Waals surface area (Å²) in [6.45, 7) is 5.98. The van der Waals surface area contributed by atoms with Gasteiger partial charge in [0.05, 0.1) is 11.4 Å². The molecule has 0 fully saturated rings. The highest BCUT2D eigenvalue weighted by molar-refractivity contribution is 5.53. The second-order valence-corrected chi connectivity index (χ2v) is 2.88. The van der Waals surface area contributed by atoms with Crippen molar-refractivity contribution in [2.45, 2.75) is 20.8 Å². The van der Waals surface area contributed by atoms with E-state index in [2.05, 4.69) is 9.97 Å². The van der Waals surface area contributed by atoms with Crippen LogP contribution < -0.4 is 0 Å². The van der Waals surface area contributed by atoms with Gasteiger partial charge in [0.25, 0.3) is 0 Å². The molecule has 0 amide bonds. The third-order valence-corrected chi connectivity index (χ3v) is 1.82. The van der Waals surface area contributed by atoms with Crippen molar-refractivity contribution in [3.63, 3.8) is 0 Å². The SMILES string of the molecule is CC.Cc1cccc(-c2ccccn2)n1. The Bertz CT molecular complexity index is 396. The molecule has 0 aliphatic heterocycles. The van der Waals surface area contributed by atoms with Crippen molar-refractivity contribution in [1.82, 2.24) is 9.97 Å². The molecule has 2 aromatic rings. The van der Waals surface area contributed by atoms with Crippen molar-refractivity contribution in [1.29, 1.82) is 0 Å². The third kappa shape index (κ3) is 3.17. The molecule has 0 aromatic carbocycles. The molecule has 2 rings (SSSR count). The summed E-state index contributed by atoms with van der Waals surface area (Å²) in [7, 11) is 0. The van der Waals surface area contributed by atoms with Crippen molar-refractivity contribution in [2.24, 2.45) is 0 Å². The smallest absolute Gasteiger partial charge is 0.0889 e. The van der Waals surface area contributed by atoms with E-state index in [0.29, 0.717) is 0 Å². The van der Waals surface area contributed by atoms with Gasteiger partial charge in [0.15, 0.2) is 0 Å². The second kappa shape index (κ2) is 5.91. The summed E-state index contributed by atoms with van der Waals surface area (Å²) in [5.41, 5.74) is 2.87. The zero-order valence-electron chi connectivity index (χ0n) is 9.44. The minimum Gasteiger partial charge on any atom is -0.255 e. The van der Waals surface area contributed by atoms with Crippen molar-refractivity contribution in [2.75, 3.05) is 0 Å². The van der Waals surface area contributed by atoms with E-state index in [0.717, 1.165) is 17.1 Å². The van der Waals surface area contributed by atoms with Crippen LogP contribution in [-0.4, -0.2) is 9.97 Å². The van der Waals surface area contributed by atoms with Gasteiger partial charge in [0, 0.05) is 11.9 Å². The molecule has 0 unspecified atom stereocenters.